The average molecular weight is 589 g/mol. The standard InChI is InChI=1S/C32H36N4O5S/c1-24-20-26(29-10-6-7-11-30(29)34-24)23-41-27-12-14-28(15-13-27)42(38,39)33-21-31(32(37)40-2)36-18-16-35(17-19-36)22-25-8-4-3-5-9-25/h3-15,20,31,33H,16-19,21-23H2,1-2H3/t31-/m0/s1. The molecule has 0 saturated carbocycles. The van der Waals surface area contributed by atoms with Gasteiger partial charge in [-0.25, -0.2) is 13.1 Å². The molecule has 0 amide bonds. The van der Waals surface area contributed by atoms with E-state index in [1.165, 1.54) is 24.8 Å². The highest BCUT2D eigenvalue weighted by Crippen LogP contribution is 2.22. The molecular weight excluding hydrogens is 552 g/mol. The molecule has 1 aliphatic rings. The van der Waals surface area contributed by atoms with E-state index in [-0.39, 0.29) is 11.4 Å². The van der Waals surface area contributed by atoms with E-state index < -0.39 is 22.0 Å². The zero-order valence-corrected chi connectivity index (χ0v) is 24.7. The Morgan fingerprint density at radius 3 is 2.36 bits per heavy atom. The first-order chi connectivity index (χ1) is 20.3. The molecule has 4 aromatic rings. The van der Waals surface area contributed by atoms with Crippen LogP contribution in [-0.2, 0) is 32.7 Å². The monoisotopic (exact) mass is 588 g/mol. The van der Waals surface area contributed by atoms with Crippen molar-refractivity contribution in [1.82, 2.24) is 19.5 Å². The Morgan fingerprint density at radius 2 is 1.64 bits per heavy atom. The number of sulfonamides is 1. The smallest absolute Gasteiger partial charge is 0.324 e. The maximum atomic E-state index is 13.1. The number of fused-ring (bicyclic) bond motifs is 1. The van der Waals surface area contributed by atoms with Crippen molar-refractivity contribution in [3.8, 4) is 5.75 Å². The number of pyridine rings is 1. The number of aryl methyl sites for hydroxylation is 1. The normalized spacial score (nSPS) is 15.4. The first-order valence-electron chi connectivity index (χ1n) is 14.0. The molecule has 0 bridgehead atoms. The highest BCUT2D eigenvalue weighted by molar-refractivity contribution is 7.89. The van der Waals surface area contributed by atoms with Crippen LogP contribution in [0.5, 0.6) is 5.75 Å². The number of methoxy groups -OCH3 is 1. The Bertz CT molecular complexity index is 1610. The van der Waals surface area contributed by atoms with E-state index >= 15 is 0 Å². The number of hydrogen-bond donors (Lipinski definition) is 1. The van der Waals surface area contributed by atoms with E-state index in [1.807, 2.05) is 60.4 Å². The molecule has 9 nitrogen and oxygen atoms in total. The molecule has 1 aliphatic heterocycles. The number of nitrogens with zero attached hydrogens (tertiary/aromatic N) is 3. The molecule has 5 rings (SSSR count). The van der Waals surface area contributed by atoms with Crippen molar-refractivity contribution in [3.63, 3.8) is 0 Å². The van der Waals surface area contributed by atoms with Gasteiger partial charge in [-0.2, -0.15) is 0 Å². The lowest BCUT2D eigenvalue weighted by atomic mass is 10.1. The molecule has 0 radical (unpaired) electrons. The van der Waals surface area contributed by atoms with Gasteiger partial charge in [0.25, 0.3) is 0 Å². The Labute approximate surface area is 247 Å². The summed E-state index contributed by atoms with van der Waals surface area (Å²) in [5.41, 5.74) is 4.05. The van der Waals surface area contributed by atoms with Crippen molar-refractivity contribution in [2.24, 2.45) is 0 Å². The Hall–Kier alpha value is -3.83. The number of rotatable bonds is 11. The summed E-state index contributed by atoms with van der Waals surface area (Å²) in [4.78, 5) is 21.6. The van der Waals surface area contributed by atoms with Gasteiger partial charge in [-0.3, -0.25) is 19.6 Å². The Balaban J connectivity index is 1.17. The van der Waals surface area contributed by atoms with Gasteiger partial charge in [-0.15, -0.1) is 0 Å². The third-order valence-electron chi connectivity index (χ3n) is 7.49. The number of benzene rings is 3. The fourth-order valence-electron chi connectivity index (χ4n) is 5.23. The summed E-state index contributed by atoms with van der Waals surface area (Å²) in [6.07, 6.45) is 0. The zero-order valence-electron chi connectivity index (χ0n) is 23.9. The molecule has 0 spiro atoms. The van der Waals surface area contributed by atoms with Crippen LogP contribution in [0.1, 0.15) is 16.8 Å². The van der Waals surface area contributed by atoms with Crippen LogP contribution in [0.15, 0.2) is 89.8 Å². The number of piperazine rings is 1. The lowest BCUT2D eigenvalue weighted by Crippen LogP contribution is -2.56. The Morgan fingerprint density at radius 1 is 0.952 bits per heavy atom. The van der Waals surface area contributed by atoms with Crippen molar-refractivity contribution >= 4 is 26.9 Å². The maximum absolute atomic E-state index is 13.1. The van der Waals surface area contributed by atoms with Crippen molar-refractivity contribution in [2.45, 2.75) is 31.0 Å². The number of esters is 1. The second-order valence-corrected chi connectivity index (χ2v) is 12.2. The number of carbonyl (C=O) groups is 1. The molecule has 0 unspecified atom stereocenters. The van der Waals surface area contributed by atoms with Gasteiger partial charge in [0.1, 0.15) is 18.4 Å². The lowest BCUT2D eigenvalue weighted by molar-refractivity contribution is -0.147. The lowest BCUT2D eigenvalue weighted by Gasteiger charge is -2.38. The number of hydrogen-bond acceptors (Lipinski definition) is 8. The molecular formula is C32H36N4O5S. The third-order valence-corrected chi connectivity index (χ3v) is 8.93. The van der Waals surface area contributed by atoms with Crippen molar-refractivity contribution in [1.29, 1.82) is 0 Å². The van der Waals surface area contributed by atoms with E-state index in [4.69, 9.17) is 9.47 Å². The van der Waals surface area contributed by atoms with Crippen LogP contribution in [0, 0.1) is 6.92 Å². The van der Waals surface area contributed by atoms with E-state index in [2.05, 4.69) is 26.7 Å². The SMILES string of the molecule is COC(=O)[C@H](CNS(=O)(=O)c1ccc(OCc2cc(C)nc3ccccc23)cc1)N1CCN(Cc2ccccc2)CC1. The number of carbonyl (C=O) groups excluding carboxylic acids is 1. The van der Waals surface area contributed by atoms with Crippen molar-refractivity contribution < 1.29 is 22.7 Å². The second kappa shape index (κ2) is 13.4. The van der Waals surface area contributed by atoms with Gasteiger partial charge < -0.3 is 9.47 Å². The van der Waals surface area contributed by atoms with Gasteiger partial charge in [-0.05, 0) is 48.9 Å². The predicted octanol–water partition coefficient (Wildman–Crippen LogP) is 3.76. The van der Waals surface area contributed by atoms with Crippen LogP contribution in [0.4, 0.5) is 0 Å². The summed E-state index contributed by atoms with van der Waals surface area (Å²) in [6.45, 7) is 5.83. The fraction of sp³-hybridized carbons (Fsp3) is 0.312. The summed E-state index contributed by atoms with van der Waals surface area (Å²) in [6, 6.07) is 25.7. The van der Waals surface area contributed by atoms with Gasteiger partial charge in [0.2, 0.25) is 10.0 Å². The van der Waals surface area contributed by atoms with Crippen LogP contribution < -0.4 is 9.46 Å². The van der Waals surface area contributed by atoms with Crippen LogP contribution in [-0.4, -0.2) is 75.0 Å². The molecule has 1 fully saturated rings. The molecule has 10 heteroatoms. The Kier molecular flexibility index (Phi) is 9.48. The summed E-state index contributed by atoms with van der Waals surface area (Å²) in [7, 11) is -2.54. The van der Waals surface area contributed by atoms with Crippen LogP contribution in [0.25, 0.3) is 10.9 Å². The predicted molar refractivity (Wildman–Crippen MR) is 162 cm³/mol. The van der Waals surface area contributed by atoms with E-state index in [9.17, 15) is 13.2 Å². The van der Waals surface area contributed by atoms with Crippen molar-refractivity contribution in [3.05, 3.63) is 102 Å². The minimum Gasteiger partial charge on any atom is -0.489 e. The number of para-hydroxylation sites is 1. The van der Waals surface area contributed by atoms with E-state index in [0.29, 0.717) is 25.4 Å². The quantitative estimate of drug-likeness (QED) is 0.265. The van der Waals surface area contributed by atoms with Crippen LogP contribution in [0.2, 0.25) is 0 Å². The van der Waals surface area contributed by atoms with Crippen LogP contribution >= 0.6 is 0 Å². The molecule has 42 heavy (non-hydrogen) atoms. The number of aromatic nitrogens is 1. The topological polar surface area (TPSA) is 101 Å². The molecule has 1 saturated heterocycles. The van der Waals surface area contributed by atoms with Gasteiger partial charge >= 0.3 is 5.97 Å². The highest BCUT2D eigenvalue weighted by Gasteiger charge is 2.31. The molecule has 2 heterocycles. The molecule has 220 valence electrons. The minimum atomic E-state index is -3.86. The number of nitrogens with one attached hydrogen (secondary N) is 1. The van der Waals surface area contributed by atoms with E-state index in [1.54, 1.807) is 12.1 Å². The zero-order chi connectivity index (χ0) is 29.5. The van der Waals surface area contributed by atoms with Gasteiger partial charge in [0, 0.05) is 55.9 Å². The largest absolute Gasteiger partial charge is 0.489 e. The molecule has 1 N–H and O–H groups in total. The van der Waals surface area contributed by atoms with Gasteiger partial charge in [-0.1, -0.05) is 48.5 Å². The molecule has 0 aliphatic carbocycles. The second-order valence-electron chi connectivity index (χ2n) is 10.4. The minimum absolute atomic E-state index is 0.0829. The van der Waals surface area contributed by atoms with Gasteiger partial charge in [0.15, 0.2) is 0 Å². The molecule has 1 atom stereocenters. The summed E-state index contributed by atoms with van der Waals surface area (Å²) >= 11 is 0. The fourth-order valence-corrected chi connectivity index (χ4v) is 6.27. The van der Waals surface area contributed by atoms with Crippen molar-refractivity contribution in [2.75, 3.05) is 39.8 Å². The highest BCUT2D eigenvalue weighted by atomic mass is 32.2. The third kappa shape index (κ3) is 7.32. The van der Waals surface area contributed by atoms with Crippen LogP contribution in [0.3, 0.4) is 0 Å². The molecule has 1 aromatic heterocycles. The summed E-state index contributed by atoms with van der Waals surface area (Å²) < 4.78 is 39.9. The summed E-state index contributed by atoms with van der Waals surface area (Å²) in [5.74, 6) is 0.0881. The average Bonchev–Trinajstić information content (AvgIpc) is 3.01. The first-order valence-corrected chi connectivity index (χ1v) is 15.5. The number of ether oxygens (including phenoxy) is 2. The summed E-state index contributed by atoms with van der Waals surface area (Å²) in [5, 5.41) is 1.02. The van der Waals surface area contributed by atoms with E-state index in [0.717, 1.165) is 41.8 Å². The maximum Gasteiger partial charge on any atom is 0.324 e. The van der Waals surface area contributed by atoms with Gasteiger partial charge in [0.05, 0.1) is 17.5 Å². The molecule has 3 aromatic carbocycles. The first kappa shape index (κ1) is 29.7.